The Morgan fingerprint density at radius 2 is 2.38 bits per heavy atom. The molecule has 1 atom stereocenters. The molecular weight excluding hydrogens is 291 g/mol. The second kappa shape index (κ2) is 5.17. The lowest BCUT2D eigenvalue weighted by Gasteiger charge is -2.12. The molecule has 1 aliphatic heterocycles. The Balaban J connectivity index is 2.11. The van der Waals surface area contributed by atoms with Crippen LogP contribution in [0.2, 0.25) is 5.02 Å². The number of halogens is 2. The van der Waals surface area contributed by atoms with Gasteiger partial charge in [0.2, 0.25) is 0 Å². The molecule has 0 aromatic heterocycles. The molecule has 16 heavy (non-hydrogen) atoms. The lowest BCUT2D eigenvalue weighted by Crippen LogP contribution is -2.36. The van der Waals surface area contributed by atoms with E-state index >= 15 is 0 Å². The van der Waals surface area contributed by atoms with E-state index in [0.717, 1.165) is 24.0 Å². The number of amides is 1. The topological polar surface area (TPSA) is 41.1 Å². The van der Waals surface area contributed by atoms with Crippen LogP contribution in [0.25, 0.3) is 0 Å². The first-order chi connectivity index (χ1) is 7.68. The third-order valence-corrected chi connectivity index (χ3v) is 3.89. The molecule has 0 bridgehead atoms. The molecule has 0 saturated carbocycles. The van der Waals surface area contributed by atoms with Gasteiger partial charge in [0.15, 0.2) is 0 Å². The highest BCUT2D eigenvalue weighted by atomic mass is 79.9. The normalized spacial score (nSPS) is 19.8. The smallest absolute Gasteiger partial charge is 0.253 e. The summed E-state index contributed by atoms with van der Waals surface area (Å²) >= 11 is 9.35. The van der Waals surface area contributed by atoms with Gasteiger partial charge in [-0.3, -0.25) is 4.79 Å². The van der Waals surface area contributed by atoms with Crippen LogP contribution >= 0.6 is 27.5 Å². The fourth-order valence-corrected chi connectivity index (χ4v) is 2.30. The number of carbonyl (C=O) groups is 1. The molecule has 0 radical (unpaired) electrons. The molecule has 0 spiro atoms. The molecule has 0 aliphatic carbocycles. The van der Waals surface area contributed by atoms with E-state index in [1.165, 1.54) is 0 Å². The van der Waals surface area contributed by atoms with Crippen LogP contribution in [0.1, 0.15) is 16.8 Å². The Morgan fingerprint density at radius 3 is 3.06 bits per heavy atom. The van der Waals surface area contributed by atoms with Crippen molar-refractivity contribution in [3.63, 3.8) is 0 Å². The van der Waals surface area contributed by atoms with Gasteiger partial charge in [0.1, 0.15) is 0 Å². The molecule has 3 nitrogen and oxygen atoms in total. The fourth-order valence-electron chi connectivity index (χ4n) is 1.72. The van der Waals surface area contributed by atoms with Crippen molar-refractivity contribution in [1.29, 1.82) is 0 Å². The van der Waals surface area contributed by atoms with Crippen LogP contribution in [0.4, 0.5) is 0 Å². The molecule has 2 N–H and O–H groups in total. The van der Waals surface area contributed by atoms with Crippen molar-refractivity contribution in [2.45, 2.75) is 12.5 Å². The molecular formula is C11H12BrClN2O. The largest absolute Gasteiger partial charge is 0.348 e. The first kappa shape index (κ1) is 11.9. The Bertz CT molecular complexity index is 405. The summed E-state index contributed by atoms with van der Waals surface area (Å²) < 4.78 is 0.742. The Morgan fingerprint density at radius 1 is 1.56 bits per heavy atom. The minimum atomic E-state index is -0.111. The first-order valence-electron chi connectivity index (χ1n) is 5.14. The minimum absolute atomic E-state index is 0.111. The third-order valence-electron chi connectivity index (χ3n) is 2.59. The Kier molecular flexibility index (Phi) is 3.84. The summed E-state index contributed by atoms with van der Waals surface area (Å²) in [6, 6.07) is 5.56. The van der Waals surface area contributed by atoms with Crippen molar-refractivity contribution < 1.29 is 4.79 Å². The predicted molar refractivity (Wildman–Crippen MR) is 67.9 cm³/mol. The summed E-state index contributed by atoms with van der Waals surface area (Å²) in [5.41, 5.74) is 0.517. The van der Waals surface area contributed by atoms with Gasteiger partial charge in [-0.25, -0.2) is 0 Å². The maximum absolute atomic E-state index is 11.9. The lowest BCUT2D eigenvalue weighted by atomic mass is 10.2. The number of rotatable bonds is 2. The SMILES string of the molecule is O=C(N[C@@H]1CCNC1)c1cccc(Br)c1Cl. The average Bonchev–Trinajstić information content (AvgIpc) is 2.74. The van der Waals surface area contributed by atoms with Crippen LogP contribution in [0, 0.1) is 0 Å². The van der Waals surface area contributed by atoms with Crippen LogP contribution in [0.3, 0.4) is 0 Å². The van der Waals surface area contributed by atoms with Gasteiger partial charge in [-0.1, -0.05) is 17.7 Å². The van der Waals surface area contributed by atoms with Gasteiger partial charge in [0.05, 0.1) is 10.6 Å². The van der Waals surface area contributed by atoms with Gasteiger partial charge in [0, 0.05) is 17.1 Å². The third kappa shape index (κ3) is 2.56. The summed E-state index contributed by atoms with van der Waals surface area (Å²) in [5, 5.41) is 6.62. The number of carbonyl (C=O) groups excluding carboxylic acids is 1. The highest BCUT2D eigenvalue weighted by molar-refractivity contribution is 9.10. The quantitative estimate of drug-likeness (QED) is 0.879. The predicted octanol–water partition coefficient (Wildman–Crippen LogP) is 2.19. The molecule has 1 aliphatic rings. The number of nitrogens with one attached hydrogen (secondary N) is 2. The van der Waals surface area contributed by atoms with E-state index in [-0.39, 0.29) is 11.9 Å². The molecule has 1 heterocycles. The van der Waals surface area contributed by atoms with Gasteiger partial charge in [0.25, 0.3) is 5.91 Å². The molecule has 1 amide bonds. The van der Waals surface area contributed by atoms with E-state index < -0.39 is 0 Å². The maximum Gasteiger partial charge on any atom is 0.253 e. The summed E-state index contributed by atoms with van der Waals surface area (Å²) in [5.74, 6) is -0.111. The number of hydrogen-bond acceptors (Lipinski definition) is 2. The number of hydrogen-bond donors (Lipinski definition) is 2. The molecule has 86 valence electrons. The van der Waals surface area contributed by atoms with Gasteiger partial charge < -0.3 is 10.6 Å². The van der Waals surface area contributed by atoms with E-state index in [2.05, 4.69) is 26.6 Å². The van der Waals surface area contributed by atoms with Gasteiger partial charge in [-0.15, -0.1) is 0 Å². The lowest BCUT2D eigenvalue weighted by molar-refractivity contribution is 0.0940. The molecule has 1 saturated heterocycles. The molecule has 5 heteroatoms. The van der Waals surface area contributed by atoms with Gasteiger partial charge in [-0.05, 0) is 41.0 Å². The van der Waals surface area contributed by atoms with Gasteiger partial charge in [-0.2, -0.15) is 0 Å². The van der Waals surface area contributed by atoms with Crippen molar-refractivity contribution in [1.82, 2.24) is 10.6 Å². The van der Waals surface area contributed by atoms with Crippen molar-refractivity contribution >= 4 is 33.4 Å². The number of benzene rings is 1. The van der Waals surface area contributed by atoms with Crippen LogP contribution in [0.15, 0.2) is 22.7 Å². The Hall–Kier alpha value is -0.580. The van der Waals surface area contributed by atoms with Crippen molar-refractivity contribution in [2.24, 2.45) is 0 Å². The minimum Gasteiger partial charge on any atom is -0.348 e. The van der Waals surface area contributed by atoms with E-state index in [9.17, 15) is 4.79 Å². The molecule has 1 aromatic carbocycles. The molecule has 0 unspecified atom stereocenters. The zero-order valence-electron chi connectivity index (χ0n) is 8.59. The van der Waals surface area contributed by atoms with Crippen LogP contribution < -0.4 is 10.6 Å². The zero-order valence-corrected chi connectivity index (χ0v) is 10.9. The second-order valence-corrected chi connectivity index (χ2v) is 5.00. The van der Waals surface area contributed by atoms with E-state index in [1.807, 2.05) is 6.07 Å². The van der Waals surface area contributed by atoms with Crippen LogP contribution in [-0.2, 0) is 0 Å². The van der Waals surface area contributed by atoms with Crippen LogP contribution in [-0.4, -0.2) is 25.0 Å². The molecule has 1 aromatic rings. The summed E-state index contributed by atoms with van der Waals surface area (Å²) in [6.45, 7) is 1.79. The first-order valence-corrected chi connectivity index (χ1v) is 6.31. The van der Waals surface area contributed by atoms with E-state index in [1.54, 1.807) is 12.1 Å². The summed E-state index contributed by atoms with van der Waals surface area (Å²) in [7, 11) is 0. The molecule has 2 rings (SSSR count). The highest BCUT2D eigenvalue weighted by Crippen LogP contribution is 2.25. The monoisotopic (exact) mass is 302 g/mol. The summed E-state index contributed by atoms with van der Waals surface area (Å²) in [6.07, 6.45) is 0.970. The van der Waals surface area contributed by atoms with E-state index in [4.69, 9.17) is 11.6 Å². The maximum atomic E-state index is 11.9. The van der Waals surface area contributed by atoms with Crippen molar-refractivity contribution in [2.75, 3.05) is 13.1 Å². The van der Waals surface area contributed by atoms with E-state index in [0.29, 0.717) is 10.6 Å². The van der Waals surface area contributed by atoms with Crippen molar-refractivity contribution in [3.05, 3.63) is 33.3 Å². The summed E-state index contributed by atoms with van der Waals surface area (Å²) in [4.78, 5) is 11.9. The standard InChI is InChI=1S/C11H12BrClN2O/c12-9-3-1-2-8(10(9)13)11(16)15-7-4-5-14-6-7/h1-3,7,14H,4-6H2,(H,15,16)/t7-/m1/s1. The van der Waals surface area contributed by atoms with Gasteiger partial charge >= 0.3 is 0 Å². The fraction of sp³-hybridized carbons (Fsp3) is 0.364. The Labute approximate surface area is 108 Å². The van der Waals surface area contributed by atoms with Crippen molar-refractivity contribution in [3.8, 4) is 0 Å². The van der Waals surface area contributed by atoms with Crippen LogP contribution in [0.5, 0.6) is 0 Å². The highest BCUT2D eigenvalue weighted by Gasteiger charge is 2.19. The average molecular weight is 304 g/mol. The zero-order chi connectivity index (χ0) is 11.5. The molecule has 1 fully saturated rings. The second-order valence-electron chi connectivity index (χ2n) is 3.76.